The predicted octanol–water partition coefficient (Wildman–Crippen LogP) is 3.14. The van der Waals surface area contributed by atoms with Crippen molar-refractivity contribution in [2.75, 3.05) is 25.0 Å². The SMILES string of the molecule is CCOc1cccc(C(=O)Nc2cccc(S(=O)(=O)NCCNC(=O)OC(C)(C)C)c2)c1. The van der Waals surface area contributed by atoms with Gasteiger partial charge in [0.2, 0.25) is 10.0 Å². The van der Waals surface area contributed by atoms with E-state index in [-0.39, 0.29) is 18.0 Å². The van der Waals surface area contributed by atoms with Crippen LogP contribution in [0, 0.1) is 0 Å². The number of alkyl carbamates (subject to hydrolysis) is 1. The molecular weight excluding hydrogens is 434 g/mol. The van der Waals surface area contributed by atoms with Crippen LogP contribution in [0.25, 0.3) is 0 Å². The number of carbonyl (C=O) groups excluding carboxylic acids is 2. The van der Waals surface area contributed by atoms with E-state index >= 15 is 0 Å². The maximum atomic E-state index is 12.5. The van der Waals surface area contributed by atoms with Crippen LogP contribution in [0.3, 0.4) is 0 Å². The fraction of sp³-hybridized carbons (Fsp3) is 0.364. The van der Waals surface area contributed by atoms with Gasteiger partial charge in [-0.1, -0.05) is 12.1 Å². The summed E-state index contributed by atoms with van der Waals surface area (Å²) in [6.45, 7) is 7.55. The molecule has 0 aliphatic rings. The van der Waals surface area contributed by atoms with Crippen molar-refractivity contribution in [3.8, 4) is 5.75 Å². The van der Waals surface area contributed by atoms with E-state index in [2.05, 4.69) is 15.4 Å². The van der Waals surface area contributed by atoms with Crippen LogP contribution in [0.15, 0.2) is 53.4 Å². The van der Waals surface area contributed by atoms with E-state index in [9.17, 15) is 18.0 Å². The molecule has 0 radical (unpaired) electrons. The molecule has 10 heteroatoms. The minimum absolute atomic E-state index is 0.0179. The van der Waals surface area contributed by atoms with E-state index in [4.69, 9.17) is 9.47 Å². The standard InChI is InChI=1S/C22H29N3O6S/c1-5-30-18-10-6-8-16(14-18)20(26)25-17-9-7-11-19(15-17)32(28,29)24-13-12-23-21(27)31-22(2,3)4/h6-11,14-15,24H,5,12-13H2,1-4H3,(H,23,27)(H,25,26). The number of ether oxygens (including phenoxy) is 2. The summed E-state index contributed by atoms with van der Waals surface area (Å²) in [6.07, 6.45) is -0.630. The van der Waals surface area contributed by atoms with Gasteiger partial charge in [0.1, 0.15) is 11.4 Å². The van der Waals surface area contributed by atoms with Gasteiger partial charge in [-0.3, -0.25) is 4.79 Å². The Morgan fingerprint density at radius 1 is 1.00 bits per heavy atom. The van der Waals surface area contributed by atoms with Gasteiger partial charge in [0.25, 0.3) is 5.91 Å². The summed E-state index contributed by atoms with van der Waals surface area (Å²) >= 11 is 0. The first-order valence-corrected chi connectivity index (χ1v) is 11.6. The maximum Gasteiger partial charge on any atom is 0.407 e. The summed E-state index contributed by atoms with van der Waals surface area (Å²) in [6, 6.07) is 12.6. The van der Waals surface area contributed by atoms with Crippen LogP contribution in [0.2, 0.25) is 0 Å². The largest absolute Gasteiger partial charge is 0.494 e. The van der Waals surface area contributed by atoms with Gasteiger partial charge in [0, 0.05) is 24.3 Å². The Balaban J connectivity index is 1.96. The van der Waals surface area contributed by atoms with Crippen LogP contribution >= 0.6 is 0 Å². The lowest BCUT2D eigenvalue weighted by molar-refractivity contribution is 0.0528. The Bertz CT molecular complexity index is 1050. The van der Waals surface area contributed by atoms with Gasteiger partial charge in [-0.25, -0.2) is 17.9 Å². The third-order valence-corrected chi connectivity index (χ3v) is 5.35. The van der Waals surface area contributed by atoms with Crippen LogP contribution in [0.1, 0.15) is 38.1 Å². The minimum Gasteiger partial charge on any atom is -0.494 e. The van der Waals surface area contributed by atoms with Gasteiger partial charge in [0.05, 0.1) is 11.5 Å². The molecule has 0 bridgehead atoms. The second-order valence-corrected chi connectivity index (χ2v) is 9.54. The first-order valence-electron chi connectivity index (χ1n) is 10.1. The van der Waals surface area contributed by atoms with Crippen LogP contribution < -0.4 is 20.1 Å². The van der Waals surface area contributed by atoms with Gasteiger partial charge >= 0.3 is 6.09 Å². The molecule has 2 aromatic rings. The monoisotopic (exact) mass is 463 g/mol. The normalized spacial score (nSPS) is 11.5. The van der Waals surface area contributed by atoms with Crippen molar-refractivity contribution in [1.82, 2.24) is 10.0 Å². The zero-order valence-corrected chi connectivity index (χ0v) is 19.4. The molecule has 0 atom stereocenters. The number of benzene rings is 2. The second kappa shape index (κ2) is 11.0. The van der Waals surface area contributed by atoms with Crippen LogP contribution in [0.4, 0.5) is 10.5 Å². The molecule has 0 heterocycles. The highest BCUT2D eigenvalue weighted by Crippen LogP contribution is 2.18. The molecule has 2 rings (SSSR count). The maximum absolute atomic E-state index is 12.5. The Labute approximate surface area is 188 Å². The van der Waals surface area contributed by atoms with E-state index in [0.29, 0.717) is 23.6 Å². The molecule has 174 valence electrons. The smallest absolute Gasteiger partial charge is 0.407 e. The van der Waals surface area contributed by atoms with Gasteiger partial charge < -0.3 is 20.1 Å². The topological polar surface area (TPSA) is 123 Å². The molecule has 9 nitrogen and oxygen atoms in total. The molecule has 0 saturated carbocycles. The molecule has 0 aliphatic heterocycles. The third-order valence-electron chi connectivity index (χ3n) is 3.89. The predicted molar refractivity (Wildman–Crippen MR) is 121 cm³/mol. The fourth-order valence-corrected chi connectivity index (χ4v) is 3.66. The second-order valence-electron chi connectivity index (χ2n) is 7.77. The Hall–Kier alpha value is -3.11. The Morgan fingerprint density at radius 2 is 1.72 bits per heavy atom. The lowest BCUT2D eigenvalue weighted by Gasteiger charge is -2.19. The number of anilines is 1. The number of amides is 2. The van der Waals surface area contributed by atoms with Crippen molar-refractivity contribution in [3.63, 3.8) is 0 Å². The molecule has 3 N–H and O–H groups in total. The fourth-order valence-electron chi connectivity index (χ4n) is 2.59. The number of sulfonamides is 1. The van der Waals surface area contributed by atoms with Crippen molar-refractivity contribution in [3.05, 3.63) is 54.1 Å². The lowest BCUT2D eigenvalue weighted by atomic mass is 10.2. The van der Waals surface area contributed by atoms with E-state index in [1.54, 1.807) is 51.1 Å². The summed E-state index contributed by atoms with van der Waals surface area (Å²) < 4.78 is 38.0. The Kier molecular flexibility index (Phi) is 8.62. The summed E-state index contributed by atoms with van der Waals surface area (Å²) in [7, 11) is -3.84. The van der Waals surface area contributed by atoms with E-state index in [1.807, 2.05) is 6.92 Å². The van der Waals surface area contributed by atoms with Crippen LogP contribution in [-0.2, 0) is 14.8 Å². The highest BCUT2D eigenvalue weighted by molar-refractivity contribution is 7.89. The van der Waals surface area contributed by atoms with Crippen molar-refractivity contribution in [2.45, 2.75) is 38.2 Å². The molecule has 0 saturated heterocycles. The molecule has 0 unspecified atom stereocenters. The average molecular weight is 464 g/mol. The number of hydrogen-bond donors (Lipinski definition) is 3. The van der Waals surface area contributed by atoms with Gasteiger partial charge in [-0.05, 0) is 64.1 Å². The third kappa shape index (κ3) is 8.20. The van der Waals surface area contributed by atoms with Crippen molar-refractivity contribution in [2.24, 2.45) is 0 Å². The van der Waals surface area contributed by atoms with Crippen LogP contribution in [-0.4, -0.2) is 45.7 Å². The number of nitrogens with one attached hydrogen (secondary N) is 3. The molecule has 32 heavy (non-hydrogen) atoms. The average Bonchev–Trinajstić information content (AvgIpc) is 2.71. The Morgan fingerprint density at radius 3 is 2.41 bits per heavy atom. The lowest BCUT2D eigenvalue weighted by Crippen LogP contribution is -2.37. The summed E-state index contributed by atoms with van der Waals surface area (Å²) in [5.74, 6) is 0.177. The molecular formula is C22H29N3O6S. The molecule has 0 spiro atoms. The van der Waals surface area contributed by atoms with Crippen molar-refractivity contribution < 1.29 is 27.5 Å². The number of hydrogen-bond acceptors (Lipinski definition) is 6. The van der Waals surface area contributed by atoms with Crippen LogP contribution in [0.5, 0.6) is 5.75 Å². The quantitative estimate of drug-likeness (QED) is 0.491. The van der Waals surface area contributed by atoms with E-state index < -0.39 is 27.6 Å². The number of carbonyl (C=O) groups is 2. The molecule has 0 aliphatic carbocycles. The summed E-state index contributed by atoms with van der Waals surface area (Å²) in [5, 5.41) is 5.16. The zero-order valence-electron chi connectivity index (χ0n) is 18.6. The zero-order chi connectivity index (χ0) is 23.8. The summed E-state index contributed by atoms with van der Waals surface area (Å²) in [4.78, 5) is 24.1. The minimum atomic E-state index is -3.84. The first-order chi connectivity index (χ1) is 15.0. The van der Waals surface area contributed by atoms with Gasteiger partial charge in [-0.2, -0.15) is 0 Å². The number of rotatable bonds is 9. The summed E-state index contributed by atoms with van der Waals surface area (Å²) in [5.41, 5.74) is 0.0702. The van der Waals surface area contributed by atoms with Crippen molar-refractivity contribution >= 4 is 27.7 Å². The highest BCUT2D eigenvalue weighted by Gasteiger charge is 2.17. The first kappa shape index (κ1) is 25.2. The van der Waals surface area contributed by atoms with Crippen molar-refractivity contribution in [1.29, 1.82) is 0 Å². The molecule has 0 aromatic heterocycles. The van der Waals surface area contributed by atoms with E-state index in [1.165, 1.54) is 18.2 Å². The molecule has 2 amide bonds. The molecule has 2 aromatic carbocycles. The van der Waals surface area contributed by atoms with Gasteiger partial charge in [-0.15, -0.1) is 0 Å². The van der Waals surface area contributed by atoms with E-state index in [0.717, 1.165) is 0 Å². The molecule has 0 fully saturated rings. The highest BCUT2D eigenvalue weighted by atomic mass is 32.2. The van der Waals surface area contributed by atoms with Gasteiger partial charge in [0.15, 0.2) is 0 Å².